The van der Waals surface area contributed by atoms with Crippen molar-refractivity contribution in [2.75, 3.05) is 7.05 Å². The average Bonchev–Trinajstić information content (AvgIpc) is 2.12. The van der Waals surface area contributed by atoms with Gasteiger partial charge in [0.15, 0.2) is 0 Å². The molecule has 0 heterocycles. The van der Waals surface area contributed by atoms with Crippen molar-refractivity contribution in [3.8, 4) is 0 Å². The minimum Gasteiger partial charge on any atom is -0.290 e. The van der Waals surface area contributed by atoms with Crippen LogP contribution in [0, 0.1) is 11.8 Å². The molecule has 1 unspecified atom stereocenters. The van der Waals surface area contributed by atoms with E-state index in [0.717, 1.165) is 0 Å². The number of nitrogens with zero attached hydrogens (tertiary/aromatic N) is 1. The first kappa shape index (κ1) is 15.8. The summed E-state index contributed by atoms with van der Waals surface area (Å²) in [5.74, 6) is 0.556. The van der Waals surface area contributed by atoms with Gasteiger partial charge in [-0.25, -0.2) is 0 Å². The first-order valence-corrected chi connectivity index (χ1v) is 5.72. The fourth-order valence-electron chi connectivity index (χ4n) is 1.86. The summed E-state index contributed by atoms with van der Waals surface area (Å²) in [5.41, 5.74) is -0.469. The van der Waals surface area contributed by atoms with Crippen LogP contribution in [0.15, 0.2) is 0 Å². The maximum absolute atomic E-state index is 12.7. The Morgan fingerprint density at radius 2 is 1.31 bits per heavy atom. The van der Waals surface area contributed by atoms with Gasteiger partial charge in [0.05, 0.1) is 0 Å². The first-order chi connectivity index (χ1) is 6.92. The highest BCUT2D eigenvalue weighted by Crippen LogP contribution is 2.34. The van der Waals surface area contributed by atoms with Gasteiger partial charge in [-0.2, -0.15) is 13.2 Å². The molecule has 0 saturated heterocycles. The van der Waals surface area contributed by atoms with Gasteiger partial charge in [0.25, 0.3) is 0 Å². The molecule has 0 aliphatic heterocycles. The smallest absolute Gasteiger partial charge is 0.290 e. The molecule has 0 amide bonds. The number of hydrogen-bond acceptors (Lipinski definition) is 1. The minimum absolute atomic E-state index is 0.197. The van der Waals surface area contributed by atoms with E-state index < -0.39 is 17.8 Å². The van der Waals surface area contributed by atoms with Crippen LogP contribution in [0.3, 0.4) is 0 Å². The molecule has 2 atom stereocenters. The third-order valence-electron chi connectivity index (χ3n) is 4.08. The standard InChI is InChI=1S/C12H24F3N/c1-8(2)9(3)11(5,6)16(7)10(4)12(13,14)15/h8-10H,1-7H3/t9?,10-/m1/s1. The van der Waals surface area contributed by atoms with Crippen LogP contribution >= 0.6 is 0 Å². The van der Waals surface area contributed by atoms with E-state index in [0.29, 0.717) is 5.92 Å². The molecule has 0 bridgehead atoms. The maximum Gasteiger partial charge on any atom is 0.403 e. The van der Waals surface area contributed by atoms with Crippen LogP contribution in [-0.4, -0.2) is 29.7 Å². The Hall–Kier alpha value is -0.250. The van der Waals surface area contributed by atoms with Crippen molar-refractivity contribution in [2.45, 2.75) is 59.3 Å². The summed E-state index contributed by atoms with van der Waals surface area (Å²) >= 11 is 0. The van der Waals surface area contributed by atoms with Gasteiger partial charge in [-0.15, -0.1) is 0 Å². The Morgan fingerprint density at radius 3 is 1.56 bits per heavy atom. The van der Waals surface area contributed by atoms with Gasteiger partial charge < -0.3 is 0 Å². The van der Waals surface area contributed by atoms with Gasteiger partial charge in [-0.05, 0) is 39.7 Å². The first-order valence-electron chi connectivity index (χ1n) is 5.72. The quantitative estimate of drug-likeness (QED) is 0.718. The van der Waals surface area contributed by atoms with Crippen LogP contribution in [0.5, 0.6) is 0 Å². The predicted octanol–water partition coefficient (Wildman–Crippen LogP) is 3.94. The molecule has 1 nitrogen and oxygen atoms in total. The van der Waals surface area contributed by atoms with Gasteiger partial charge in [-0.3, -0.25) is 4.90 Å². The van der Waals surface area contributed by atoms with Crippen LogP contribution in [0.1, 0.15) is 41.5 Å². The van der Waals surface area contributed by atoms with Crippen molar-refractivity contribution < 1.29 is 13.2 Å². The zero-order chi connectivity index (χ0) is 13.3. The van der Waals surface area contributed by atoms with Crippen molar-refractivity contribution in [3.05, 3.63) is 0 Å². The number of alkyl halides is 3. The molecule has 98 valence electrons. The number of rotatable bonds is 4. The topological polar surface area (TPSA) is 3.24 Å². The van der Waals surface area contributed by atoms with E-state index in [1.54, 1.807) is 7.05 Å². The summed E-state index contributed by atoms with van der Waals surface area (Å²) in [7, 11) is 1.55. The summed E-state index contributed by atoms with van der Waals surface area (Å²) in [4.78, 5) is 1.43. The van der Waals surface area contributed by atoms with Crippen LogP contribution in [-0.2, 0) is 0 Å². The van der Waals surface area contributed by atoms with Gasteiger partial charge in [0.1, 0.15) is 6.04 Å². The van der Waals surface area contributed by atoms with Crippen LogP contribution < -0.4 is 0 Å². The van der Waals surface area contributed by atoms with Gasteiger partial charge >= 0.3 is 6.18 Å². The van der Waals surface area contributed by atoms with Crippen molar-refractivity contribution in [1.29, 1.82) is 0 Å². The summed E-state index contributed by atoms with van der Waals surface area (Å²) < 4.78 is 38.0. The molecule has 0 aromatic rings. The Morgan fingerprint density at radius 1 is 0.938 bits per heavy atom. The number of hydrogen-bond donors (Lipinski definition) is 0. The lowest BCUT2D eigenvalue weighted by molar-refractivity contribution is -0.192. The molecule has 0 N–H and O–H groups in total. The lowest BCUT2D eigenvalue weighted by Gasteiger charge is -2.45. The Labute approximate surface area is 97.0 Å². The zero-order valence-electron chi connectivity index (χ0n) is 11.3. The third-order valence-corrected chi connectivity index (χ3v) is 4.08. The van der Waals surface area contributed by atoms with E-state index in [2.05, 4.69) is 0 Å². The molecule has 4 heteroatoms. The Balaban J connectivity index is 4.89. The second-order valence-electron chi connectivity index (χ2n) is 5.51. The highest BCUT2D eigenvalue weighted by atomic mass is 19.4. The molecule has 0 aromatic carbocycles. The van der Waals surface area contributed by atoms with Crippen molar-refractivity contribution in [1.82, 2.24) is 4.90 Å². The maximum atomic E-state index is 12.7. The van der Waals surface area contributed by atoms with E-state index in [-0.39, 0.29) is 5.92 Å². The molecule has 0 aliphatic carbocycles. The molecule has 0 aliphatic rings. The van der Waals surface area contributed by atoms with Crippen LogP contribution in [0.2, 0.25) is 0 Å². The second-order valence-corrected chi connectivity index (χ2v) is 5.51. The summed E-state index contributed by atoms with van der Waals surface area (Å²) in [5, 5.41) is 0. The largest absolute Gasteiger partial charge is 0.403 e. The van der Waals surface area contributed by atoms with Gasteiger partial charge in [0.2, 0.25) is 0 Å². The molecule has 0 spiro atoms. The average molecular weight is 239 g/mol. The van der Waals surface area contributed by atoms with E-state index in [1.807, 2.05) is 34.6 Å². The Bertz CT molecular complexity index is 221. The van der Waals surface area contributed by atoms with Crippen molar-refractivity contribution in [2.24, 2.45) is 11.8 Å². The number of halogens is 3. The molecular formula is C12H24F3N. The van der Waals surface area contributed by atoms with E-state index in [4.69, 9.17) is 0 Å². The minimum atomic E-state index is -4.16. The third kappa shape index (κ3) is 3.37. The summed E-state index contributed by atoms with van der Waals surface area (Å²) in [6, 6.07) is -1.41. The fraction of sp³-hybridized carbons (Fsp3) is 1.00. The van der Waals surface area contributed by atoms with Crippen LogP contribution in [0.25, 0.3) is 0 Å². The Kier molecular flexibility index (Phi) is 4.87. The fourth-order valence-corrected chi connectivity index (χ4v) is 1.86. The normalized spacial score (nSPS) is 18.0. The monoisotopic (exact) mass is 239 g/mol. The van der Waals surface area contributed by atoms with Crippen molar-refractivity contribution >= 4 is 0 Å². The predicted molar refractivity (Wildman–Crippen MR) is 61.4 cm³/mol. The summed E-state index contributed by atoms with van der Waals surface area (Å²) in [6.07, 6.45) is -4.16. The summed E-state index contributed by atoms with van der Waals surface area (Å²) in [6.45, 7) is 11.1. The molecule has 0 saturated carbocycles. The molecule has 0 radical (unpaired) electrons. The van der Waals surface area contributed by atoms with Gasteiger partial charge in [0, 0.05) is 5.54 Å². The van der Waals surface area contributed by atoms with Gasteiger partial charge in [-0.1, -0.05) is 20.8 Å². The SMILES string of the molecule is CC(C)C(C)C(C)(C)N(C)[C@H](C)C(F)(F)F. The lowest BCUT2D eigenvalue weighted by Crippen LogP contribution is -2.55. The van der Waals surface area contributed by atoms with E-state index in [9.17, 15) is 13.2 Å². The van der Waals surface area contributed by atoms with E-state index in [1.165, 1.54) is 11.8 Å². The highest BCUT2D eigenvalue weighted by molar-refractivity contribution is 4.90. The lowest BCUT2D eigenvalue weighted by atomic mass is 9.79. The molecule has 0 fully saturated rings. The molecule has 0 rings (SSSR count). The molecule has 0 aromatic heterocycles. The second kappa shape index (κ2) is 4.94. The van der Waals surface area contributed by atoms with E-state index >= 15 is 0 Å². The zero-order valence-corrected chi connectivity index (χ0v) is 11.3. The highest BCUT2D eigenvalue weighted by Gasteiger charge is 2.45. The molecular weight excluding hydrogens is 215 g/mol. The van der Waals surface area contributed by atoms with Crippen LogP contribution in [0.4, 0.5) is 13.2 Å². The molecule has 16 heavy (non-hydrogen) atoms. The van der Waals surface area contributed by atoms with Crippen molar-refractivity contribution in [3.63, 3.8) is 0 Å².